The number of carbonyl (C=O) groups excluding carboxylic acids is 2. The Morgan fingerprint density at radius 3 is 2.79 bits per heavy atom. The lowest BCUT2D eigenvalue weighted by Gasteiger charge is -2.10. The van der Waals surface area contributed by atoms with Crippen LogP contribution in [0.25, 0.3) is 5.69 Å². The third-order valence-corrected chi connectivity index (χ3v) is 4.64. The lowest BCUT2D eigenvalue weighted by atomic mass is 9.95. The van der Waals surface area contributed by atoms with Crippen molar-refractivity contribution in [2.45, 2.75) is 32.6 Å². The summed E-state index contributed by atoms with van der Waals surface area (Å²) in [5.74, 6) is -1.47. The van der Waals surface area contributed by atoms with Crippen molar-refractivity contribution in [3.63, 3.8) is 0 Å². The summed E-state index contributed by atoms with van der Waals surface area (Å²) in [6.45, 7) is 3.29. The lowest BCUT2D eigenvalue weighted by Crippen LogP contribution is -2.15. The molecular formula is C19H17FN4O4. The van der Waals surface area contributed by atoms with Crippen LogP contribution in [0.5, 0.6) is 0 Å². The molecular weight excluding hydrogens is 367 g/mol. The van der Waals surface area contributed by atoms with Crippen molar-refractivity contribution in [3.05, 3.63) is 58.7 Å². The fourth-order valence-electron chi connectivity index (χ4n) is 3.05. The number of hydrogen-bond donors (Lipinski definition) is 0. The molecule has 4 rings (SSSR count). The Balaban J connectivity index is 1.79. The van der Waals surface area contributed by atoms with Gasteiger partial charge in [0.05, 0.1) is 6.61 Å². The number of aromatic nitrogens is 4. The van der Waals surface area contributed by atoms with Gasteiger partial charge < -0.3 is 9.26 Å². The molecule has 0 N–H and O–H groups in total. The van der Waals surface area contributed by atoms with Gasteiger partial charge in [-0.05, 0) is 44.4 Å². The predicted molar refractivity (Wildman–Crippen MR) is 93.9 cm³/mol. The molecule has 0 aliphatic heterocycles. The molecule has 2 heterocycles. The molecule has 0 saturated heterocycles. The summed E-state index contributed by atoms with van der Waals surface area (Å²) in [6.07, 6.45) is 4.34. The Morgan fingerprint density at radius 2 is 2.14 bits per heavy atom. The number of ether oxygens (including phenoxy) is 1. The number of hydrogen-bond acceptors (Lipinski definition) is 7. The summed E-state index contributed by atoms with van der Waals surface area (Å²) in [6, 6.07) is 2.94. The average molecular weight is 384 g/mol. The zero-order valence-corrected chi connectivity index (χ0v) is 15.3. The maximum Gasteiger partial charge on any atom is 0.361 e. The molecule has 0 unspecified atom stereocenters. The smallest absolute Gasteiger partial charge is 0.361 e. The van der Waals surface area contributed by atoms with E-state index in [1.54, 1.807) is 6.92 Å². The van der Waals surface area contributed by atoms with Crippen LogP contribution in [0, 0.1) is 12.7 Å². The van der Waals surface area contributed by atoms with Crippen LogP contribution < -0.4 is 0 Å². The highest BCUT2D eigenvalue weighted by atomic mass is 19.1. The third kappa shape index (κ3) is 2.98. The van der Waals surface area contributed by atoms with E-state index in [0.29, 0.717) is 5.76 Å². The topological polar surface area (TPSA) is 100 Å². The van der Waals surface area contributed by atoms with Gasteiger partial charge in [-0.1, -0.05) is 5.16 Å². The zero-order chi connectivity index (χ0) is 19.8. The molecule has 9 heteroatoms. The van der Waals surface area contributed by atoms with Gasteiger partial charge in [-0.15, -0.1) is 0 Å². The van der Waals surface area contributed by atoms with Crippen LogP contribution in [0.15, 0.2) is 29.3 Å². The van der Waals surface area contributed by atoms with Crippen LogP contribution in [0.2, 0.25) is 0 Å². The van der Waals surface area contributed by atoms with Crippen molar-refractivity contribution in [1.29, 1.82) is 0 Å². The molecule has 1 aliphatic carbocycles. The second kappa shape index (κ2) is 6.99. The molecule has 8 nitrogen and oxygen atoms in total. The summed E-state index contributed by atoms with van der Waals surface area (Å²) in [5.41, 5.74) is 0.309. The summed E-state index contributed by atoms with van der Waals surface area (Å²) in [4.78, 5) is 29.3. The largest absolute Gasteiger partial charge is 0.461 e. The first-order valence-electron chi connectivity index (χ1n) is 8.88. The van der Waals surface area contributed by atoms with Gasteiger partial charge in [-0.3, -0.25) is 4.79 Å². The van der Waals surface area contributed by atoms with Crippen molar-refractivity contribution in [1.82, 2.24) is 19.9 Å². The van der Waals surface area contributed by atoms with Crippen LogP contribution in [0.4, 0.5) is 4.39 Å². The highest BCUT2D eigenvalue weighted by Gasteiger charge is 2.38. The fourth-order valence-corrected chi connectivity index (χ4v) is 3.05. The van der Waals surface area contributed by atoms with Gasteiger partial charge in [0.25, 0.3) is 0 Å². The monoisotopic (exact) mass is 384 g/mol. The number of carbonyl (C=O) groups is 2. The van der Waals surface area contributed by atoms with Crippen LogP contribution in [0.1, 0.15) is 63.4 Å². The molecule has 1 aromatic carbocycles. The Bertz CT molecular complexity index is 1050. The second-order valence-electron chi connectivity index (χ2n) is 6.51. The van der Waals surface area contributed by atoms with Crippen LogP contribution in [0.3, 0.4) is 0 Å². The first-order valence-corrected chi connectivity index (χ1v) is 8.88. The highest BCUT2D eigenvalue weighted by molar-refractivity contribution is 6.15. The molecule has 0 spiro atoms. The van der Waals surface area contributed by atoms with Crippen molar-refractivity contribution in [2.24, 2.45) is 0 Å². The van der Waals surface area contributed by atoms with Crippen molar-refractivity contribution in [3.8, 4) is 5.69 Å². The van der Waals surface area contributed by atoms with Crippen LogP contribution in [-0.4, -0.2) is 38.3 Å². The molecule has 3 aromatic rings. The zero-order valence-electron chi connectivity index (χ0n) is 15.3. The van der Waals surface area contributed by atoms with E-state index in [2.05, 4.69) is 15.2 Å². The van der Waals surface area contributed by atoms with Gasteiger partial charge in [0, 0.05) is 11.5 Å². The Hall–Kier alpha value is -3.36. The van der Waals surface area contributed by atoms with Crippen molar-refractivity contribution in [2.75, 3.05) is 6.61 Å². The second-order valence-corrected chi connectivity index (χ2v) is 6.51. The summed E-state index contributed by atoms with van der Waals surface area (Å²) in [5, 5.41) is 7.68. The van der Waals surface area contributed by atoms with E-state index in [9.17, 15) is 14.0 Å². The summed E-state index contributed by atoms with van der Waals surface area (Å²) in [7, 11) is 0. The molecule has 0 bridgehead atoms. The maximum atomic E-state index is 14.9. The van der Waals surface area contributed by atoms with Crippen LogP contribution >= 0.6 is 0 Å². The normalized spacial score (nSPS) is 13.5. The third-order valence-electron chi connectivity index (χ3n) is 4.64. The number of rotatable bonds is 6. The van der Waals surface area contributed by atoms with Gasteiger partial charge in [-0.2, -0.15) is 5.10 Å². The minimum absolute atomic E-state index is 0.0363. The Morgan fingerprint density at radius 1 is 1.36 bits per heavy atom. The van der Waals surface area contributed by atoms with E-state index in [1.165, 1.54) is 36.4 Å². The molecule has 0 atom stereocenters. The molecule has 1 fully saturated rings. The standard InChI is InChI=1S/C19H17FN4O4/c1-3-27-19(26)16-14(18(28-23-16)11-4-5-11)17(25)12-6-7-13(15(20)10(12)2)24-9-21-8-22-24/h6-9,11H,3-5H2,1-2H3. The first-order chi connectivity index (χ1) is 13.5. The van der Waals surface area contributed by atoms with Gasteiger partial charge in [0.1, 0.15) is 23.9 Å². The van der Waals surface area contributed by atoms with Gasteiger partial charge in [0.2, 0.25) is 5.69 Å². The van der Waals surface area contributed by atoms with E-state index in [0.717, 1.165) is 12.8 Å². The number of ketones is 1. The summed E-state index contributed by atoms with van der Waals surface area (Å²) >= 11 is 0. The van der Waals surface area contributed by atoms with Gasteiger partial charge in [-0.25, -0.2) is 18.9 Å². The molecule has 28 heavy (non-hydrogen) atoms. The number of benzene rings is 1. The number of nitrogens with zero attached hydrogens (tertiary/aromatic N) is 4. The molecule has 2 aromatic heterocycles. The Labute approximate surface area is 159 Å². The predicted octanol–water partition coefficient (Wildman–Crippen LogP) is 2.99. The Kier molecular flexibility index (Phi) is 4.50. The maximum absolute atomic E-state index is 14.9. The lowest BCUT2D eigenvalue weighted by molar-refractivity contribution is 0.0512. The van der Waals surface area contributed by atoms with Crippen molar-refractivity contribution >= 4 is 11.8 Å². The van der Waals surface area contributed by atoms with E-state index in [1.807, 2.05) is 0 Å². The molecule has 0 amide bonds. The van der Waals surface area contributed by atoms with Crippen molar-refractivity contribution < 1.29 is 23.2 Å². The fraction of sp³-hybridized carbons (Fsp3) is 0.316. The van der Waals surface area contributed by atoms with Crippen LogP contribution in [-0.2, 0) is 4.74 Å². The van der Waals surface area contributed by atoms with E-state index in [-0.39, 0.29) is 40.6 Å². The van der Waals surface area contributed by atoms with E-state index < -0.39 is 17.6 Å². The highest BCUT2D eigenvalue weighted by Crippen LogP contribution is 2.43. The molecule has 1 aliphatic rings. The minimum atomic E-state index is -0.737. The summed E-state index contributed by atoms with van der Waals surface area (Å²) < 4.78 is 26.5. The first kappa shape index (κ1) is 18.0. The minimum Gasteiger partial charge on any atom is -0.461 e. The molecule has 0 radical (unpaired) electrons. The quantitative estimate of drug-likeness (QED) is 0.476. The number of halogens is 1. The SMILES string of the molecule is CCOC(=O)c1noc(C2CC2)c1C(=O)c1ccc(-n2cncn2)c(F)c1C. The van der Waals surface area contributed by atoms with E-state index in [4.69, 9.17) is 9.26 Å². The van der Waals surface area contributed by atoms with Gasteiger partial charge >= 0.3 is 5.97 Å². The average Bonchev–Trinajstić information content (AvgIpc) is 3.19. The molecule has 144 valence electrons. The number of esters is 1. The van der Waals surface area contributed by atoms with E-state index >= 15 is 0 Å². The molecule has 1 saturated carbocycles. The van der Waals surface area contributed by atoms with Gasteiger partial charge in [0.15, 0.2) is 17.4 Å².